The third kappa shape index (κ3) is 5.76. The predicted molar refractivity (Wildman–Crippen MR) is 128 cm³/mol. The number of aromatic nitrogens is 1. The summed E-state index contributed by atoms with van der Waals surface area (Å²) in [5, 5.41) is 10.1. The molecule has 2 N–H and O–H groups in total. The molecule has 2 aromatic rings. The number of amides is 1. The standard InChI is InChI=1S/C23H32N6OS/c1-2-24-22(25-12-11-19-17-31-23(27-19)28-13-3-4-14-28)26-16-18-7-9-20(10-8-18)29-15-5-6-21(29)30/h7-10,17H,2-6,11-16H2,1H3,(H2,24,25,26). The van der Waals surface area contributed by atoms with E-state index in [2.05, 4.69) is 40.0 Å². The van der Waals surface area contributed by atoms with Crippen molar-refractivity contribution in [2.24, 2.45) is 4.99 Å². The molecule has 166 valence electrons. The Kier molecular flexibility index (Phi) is 7.40. The summed E-state index contributed by atoms with van der Waals surface area (Å²) in [5.41, 5.74) is 3.25. The normalized spacial score (nSPS) is 16.9. The summed E-state index contributed by atoms with van der Waals surface area (Å²) in [6.07, 6.45) is 5.04. The Morgan fingerprint density at radius 1 is 1.13 bits per heavy atom. The number of anilines is 2. The molecule has 1 aromatic carbocycles. The van der Waals surface area contributed by atoms with Crippen molar-refractivity contribution >= 4 is 34.0 Å². The monoisotopic (exact) mass is 440 g/mol. The van der Waals surface area contributed by atoms with Gasteiger partial charge in [0.1, 0.15) is 0 Å². The van der Waals surface area contributed by atoms with Gasteiger partial charge in [0, 0.05) is 56.6 Å². The van der Waals surface area contributed by atoms with Gasteiger partial charge in [0.15, 0.2) is 11.1 Å². The lowest BCUT2D eigenvalue weighted by atomic mass is 10.2. The highest BCUT2D eigenvalue weighted by molar-refractivity contribution is 7.13. The molecule has 3 heterocycles. The molecule has 0 spiro atoms. The van der Waals surface area contributed by atoms with Crippen molar-refractivity contribution < 1.29 is 4.79 Å². The Bertz CT molecular complexity index is 888. The van der Waals surface area contributed by atoms with Crippen molar-refractivity contribution in [3.63, 3.8) is 0 Å². The van der Waals surface area contributed by atoms with Crippen LogP contribution < -0.4 is 20.4 Å². The van der Waals surface area contributed by atoms with Gasteiger partial charge in [0.2, 0.25) is 5.91 Å². The van der Waals surface area contributed by atoms with Crippen molar-refractivity contribution in [2.45, 2.75) is 45.6 Å². The smallest absolute Gasteiger partial charge is 0.227 e. The zero-order chi connectivity index (χ0) is 21.5. The number of benzene rings is 1. The van der Waals surface area contributed by atoms with Crippen molar-refractivity contribution in [3.05, 3.63) is 40.9 Å². The van der Waals surface area contributed by atoms with E-state index in [-0.39, 0.29) is 5.91 Å². The van der Waals surface area contributed by atoms with E-state index >= 15 is 0 Å². The zero-order valence-corrected chi connectivity index (χ0v) is 19.1. The fourth-order valence-corrected chi connectivity index (χ4v) is 4.90. The van der Waals surface area contributed by atoms with Crippen molar-refractivity contribution in [2.75, 3.05) is 42.5 Å². The number of carbonyl (C=O) groups is 1. The van der Waals surface area contributed by atoms with E-state index in [9.17, 15) is 4.79 Å². The Morgan fingerprint density at radius 2 is 1.94 bits per heavy atom. The van der Waals surface area contributed by atoms with Crippen LogP contribution in [0.25, 0.3) is 0 Å². The number of hydrogen-bond acceptors (Lipinski definition) is 5. The Balaban J connectivity index is 1.27. The lowest BCUT2D eigenvalue weighted by molar-refractivity contribution is -0.117. The van der Waals surface area contributed by atoms with Crippen LogP contribution >= 0.6 is 11.3 Å². The molecular formula is C23H32N6OS. The molecule has 7 nitrogen and oxygen atoms in total. The summed E-state index contributed by atoms with van der Waals surface area (Å²) in [4.78, 5) is 25.7. The average molecular weight is 441 g/mol. The molecule has 0 aliphatic carbocycles. The van der Waals surface area contributed by atoms with Gasteiger partial charge in [0.05, 0.1) is 12.2 Å². The molecule has 2 saturated heterocycles. The molecule has 2 aliphatic rings. The first kappa shape index (κ1) is 21.6. The fraction of sp³-hybridized carbons (Fsp3) is 0.522. The molecule has 1 aromatic heterocycles. The van der Waals surface area contributed by atoms with Gasteiger partial charge in [-0.25, -0.2) is 9.98 Å². The summed E-state index contributed by atoms with van der Waals surface area (Å²) >= 11 is 1.75. The number of hydrogen-bond donors (Lipinski definition) is 2. The van der Waals surface area contributed by atoms with Crippen LogP contribution in [0.2, 0.25) is 0 Å². The SMILES string of the molecule is CCNC(=NCc1ccc(N2CCCC2=O)cc1)NCCc1csc(N2CCCC2)n1. The quantitative estimate of drug-likeness (QED) is 0.487. The van der Waals surface area contributed by atoms with E-state index in [0.29, 0.717) is 13.0 Å². The first-order chi connectivity index (χ1) is 15.2. The van der Waals surface area contributed by atoms with E-state index in [1.54, 1.807) is 11.3 Å². The van der Waals surface area contributed by atoms with Crippen molar-refractivity contribution in [3.8, 4) is 0 Å². The predicted octanol–water partition coefficient (Wildman–Crippen LogP) is 3.17. The third-order valence-electron chi connectivity index (χ3n) is 5.68. The van der Waals surface area contributed by atoms with Crippen molar-refractivity contribution in [1.82, 2.24) is 15.6 Å². The minimum atomic E-state index is 0.220. The van der Waals surface area contributed by atoms with Crippen LogP contribution in [0.15, 0.2) is 34.6 Å². The van der Waals surface area contributed by atoms with Crippen LogP contribution in [0.4, 0.5) is 10.8 Å². The number of thiazole rings is 1. The third-order valence-corrected chi connectivity index (χ3v) is 6.63. The largest absolute Gasteiger partial charge is 0.357 e. The fourth-order valence-electron chi connectivity index (χ4n) is 3.99. The second kappa shape index (κ2) is 10.6. The molecule has 2 fully saturated rings. The maximum atomic E-state index is 11.9. The molecule has 0 radical (unpaired) electrons. The molecule has 8 heteroatoms. The molecule has 0 bridgehead atoms. The molecule has 0 saturated carbocycles. The van der Waals surface area contributed by atoms with E-state index < -0.39 is 0 Å². The summed E-state index contributed by atoms with van der Waals surface area (Å²) in [7, 11) is 0. The second-order valence-corrected chi connectivity index (χ2v) is 8.84. The Morgan fingerprint density at radius 3 is 2.65 bits per heavy atom. The van der Waals surface area contributed by atoms with Gasteiger partial charge in [-0.15, -0.1) is 11.3 Å². The van der Waals surface area contributed by atoms with E-state index in [4.69, 9.17) is 9.98 Å². The summed E-state index contributed by atoms with van der Waals surface area (Å²) in [6.45, 7) is 7.38. The topological polar surface area (TPSA) is 72.9 Å². The molecule has 0 atom stereocenters. The average Bonchev–Trinajstić information content (AvgIpc) is 3.54. The molecule has 31 heavy (non-hydrogen) atoms. The molecule has 0 unspecified atom stereocenters. The van der Waals surface area contributed by atoms with Gasteiger partial charge in [-0.1, -0.05) is 12.1 Å². The lowest BCUT2D eigenvalue weighted by Gasteiger charge is -2.16. The van der Waals surface area contributed by atoms with Crippen LogP contribution in [-0.4, -0.2) is 49.6 Å². The highest BCUT2D eigenvalue weighted by atomic mass is 32.1. The van der Waals surface area contributed by atoms with Gasteiger partial charge in [-0.05, 0) is 43.9 Å². The lowest BCUT2D eigenvalue weighted by Crippen LogP contribution is -2.38. The zero-order valence-electron chi connectivity index (χ0n) is 18.3. The summed E-state index contributed by atoms with van der Waals surface area (Å²) in [5.74, 6) is 1.04. The van der Waals surface area contributed by atoms with Crippen LogP contribution in [0.3, 0.4) is 0 Å². The highest BCUT2D eigenvalue weighted by Gasteiger charge is 2.21. The van der Waals surface area contributed by atoms with Crippen LogP contribution in [0, 0.1) is 0 Å². The number of nitrogens with one attached hydrogen (secondary N) is 2. The number of nitrogens with zero attached hydrogens (tertiary/aromatic N) is 4. The van der Waals surface area contributed by atoms with Crippen LogP contribution in [0.1, 0.15) is 43.9 Å². The van der Waals surface area contributed by atoms with Gasteiger partial charge in [-0.2, -0.15) is 0 Å². The first-order valence-corrected chi connectivity index (χ1v) is 12.2. The number of guanidine groups is 1. The molecule has 1 amide bonds. The van der Waals surface area contributed by atoms with E-state index in [0.717, 1.165) is 73.6 Å². The maximum Gasteiger partial charge on any atom is 0.227 e. The van der Waals surface area contributed by atoms with Crippen LogP contribution in [-0.2, 0) is 17.8 Å². The number of rotatable bonds is 8. The van der Waals surface area contributed by atoms with Crippen LogP contribution in [0.5, 0.6) is 0 Å². The minimum absolute atomic E-state index is 0.220. The highest BCUT2D eigenvalue weighted by Crippen LogP contribution is 2.24. The van der Waals surface area contributed by atoms with E-state index in [1.807, 2.05) is 17.0 Å². The minimum Gasteiger partial charge on any atom is -0.357 e. The van der Waals surface area contributed by atoms with Gasteiger partial charge in [-0.3, -0.25) is 4.79 Å². The number of carbonyl (C=O) groups excluding carboxylic acids is 1. The van der Waals surface area contributed by atoms with Gasteiger partial charge >= 0.3 is 0 Å². The second-order valence-electron chi connectivity index (χ2n) is 8.00. The summed E-state index contributed by atoms with van der Waals surface area (Å²) in [6, 6.07) is 8.16. The molecule has 2 aliphatic heterocycles. The van der Waals surface area contributed by atoms with Crippen molar-refractivity contribution in [1.29, 1.82) is 0 Å². The van der Waals surface area contributed by atoms with Gasteiger partial charge < -0.3 is 20.4 Å². The summed E-state index contributed by atoms with van der Waals surface area (Å²) < 4.78 is 0. The molecular weight excluding hydrogens is 408 g/mol. The number of aliphatic imine (C=N–C) groups is 1. The Hall–Kier alpha value is -2.61. The van der Waals surface area contributed by atoms with E-state index in [1.165, 1.54) is 12.8 Å². The Labute approximate surface area is 188 Å². The first-order valence-electron chi connectivity index (χ1n) is 11.3. The molecule has 4 rings (SSSR count). The maximum absolute atomic E-state index is 11.9. The van der Waals surface area contributed by atoms with Gasteiger partial charge in [0.25, 0.3) is 0 Å².